The van der Waals surface area contributed by atoms with Gasteiger partial charge < -0.3 is 14.4 Å². The van der Waals surface area contributed by atoms with E-state index in [0.717, 1.165) is 28.6 Å². The maximum absolute atomic E-state index is 10.9. The monoisotopic (exact) mass is 328 g/mol. The molecule has 0 spiro atoms. The molecule has 0 bridgehead atoms. The molecule has 2 heterocycles. The first kappa shape index (κ1) is 17.0. The van der Waals surface area contributed by atoms with Crippen LogP contribution in [-0.2, 0) is 11.2 Å². The number of rotatable bonds is 5. The number of aliphatic imine (C=N–C) groups is 1. The number of fused-ring (bicyclic) bond motifs is 1. The largest absolute Gasteiger partial charge is 0.494 e. The summed E-state index contributed by atoms with van der Waals surface area (Å²) >= 11 is 0. The first-order valence-electron chi connectivity index (χ1n) is 9.00. The molecule has 4 heteroatoms. The Bertz CT molecular complexity index is 759. The van der Waals surface area contributed by atoms with E-state index in [0.29, 0.717) is 31.6 Å². The van der Waals surface area contributed by atoms with Crippen molar-refractivity contribution in [2.45, 2.75) is 46.6 Å². The first-order chi connectivity index (χ1) is 11.5. The highest BCUT2D eigenvalue weighted by Gasteiger charge is 2.23. The molecule has 0 fully saturated rings. The SMILES string of the molecule is CCC(C)Cc1ccc2c(c1)c(C1=NCCOC1)c(O)n2C(C)C. The van der Waals surface area contributed by atoms with Crippen molar-refractivity contribution in [1.29, 1.82) is 0 Å². The van der Waals surface area contributed by atoms with E-state index in [2.05, 4.69) is 50.9 Å². The summed E-state index contributed by atoms with van der Waals surface area (Å²) in [4.78, 5) is 4.61. The van der Waals surface area contributed by atoms with Crippen molar-refractivity contribution < 1.29 is 9.84 Å². The van der Waals surface area contributed by atoms with Gasteiger partial charge in [-0.05, 0) is 43.9 Å². The van der Waals surface area contributed by atoms with Crippen molar-refractivity contribution >= 4 is 16.6 Å². The number of hydrogen-bond acceptors (Lipinski definition) is 3. The molecule has 2 aromatic rings. The zero-order chi connectivity index (χ0) is 17.3. The van der Waals surface area contributed by atoms with Gasteiger partial charge in [0.25, 0.3) is 0 Å². The Balaban J connectivity index is 2.17. The minimum absolute atomic E-state index is 0.187. The summed E-state index contributed by atoms with van der Waals surface area (Å²) < 4.78 is 7.57. The van der Waals surface area contributed by atoms with Gasteiger partial charge in [0.2, 0.25) is 5.88 Å². The molecule has 0 saturated heterocycles. The summed E-state index contributed by atoms with van der Waals surface area (Å²) in [6.45, 7) is 10.5. The summed E-state index contributed by atoms with van der Waals surface area (Å²) in [5, 5.41) is 12.0. The Labute approximate surface area is 144 Å². The van der Waals surface area contributed by atoms with Crippen LogP contribution >= 0.6 is 0 Å². The molecule has 1 atom stereocenters. The fourth-order valence-corrected chi connectivity index (χ4v) is 3.44. The number of benzene rings is 1. The van der Waals surface area contributed by atoms with Crippen molar-refractivity contribution in [3.05, 3.63) is 29.3 Å². The van der Waals surface area contributed by atoms with Crippen LogP contribution in [0.5, 0.6) is 5.88 Å². The topological polar surface area (TPSA) is 46.8 Å². The van der Waals surface area contributed by atoms with Crippen LogP contribution in [0.1, 0.15) is 51.3 Å². The van der Waals surface area contributed by atoms with Gasteiger partial charge in [0.05, 0.1) is 36.6 Å². The van der Waals surface area contributed by atoms with Crippen LogP contribution in [0.25, 0.3) is 10.9 Å². The lowest BCUT2D eigenvalue weighted by molar-refractivity contribution is 0.171. The standard InChI is InChI=1S/C20H28N2O2/c1-5-14(4)10-15-6-7-18-16(11-15)19(17-12-24-9-8-21-17)20(23)22(18)13(2)3/h6-7,11,13-14,23H,5,8-10,12H2,1-4H3. The molecule has 1 unspecified atom stereocenters. The molecule has 0 saturated carbocycles. The first-order valence-corrected chi connectivity index (χ1v) is 9.00. The lowest BCUT2D eigenvalue weighted by atomic mass is 9.97. The van der Waals surface area contributed by atoms with E-state index >= 15 is 0 Å². The zero-order valence-electron chi connectivity index (χ0n) is 15.2. The summed E-state index contributed by atoms with van der Waals surface area (Å²) in [5.74, 6) is 0.965. The van der Waals surface area contributed by atoms with E-state index in [1.165, 1.54) is 12.0 Å². The average molecular weight is 328 g/mol. The molecule has 1 aromatic carbocycles. The molecule has 3 rings (SSSR count). The van der Waals surface area contributed by atoms with E-state index in [-0.39, 0.29) is 6.04 Å². The Kier molecular flexibility index (Phi) is 4.95. The van der Waals surface area contributed by atoms with Crippen LogP contribution in [0, 0.1) is 5.92 Å². The van der Waals surface area contributed by atoms with Gasteiger partial charge in [-0.15, -0.1) is 0 Å². The second-order valence-corrected chi connectivity index (χ2v) is 7.11. The van der Waals surface area contributed by atoms with Gasteiger partial charge in [-0.2, -0.15) is 0 Å². The van der Waals surface area contributed by atoms with Crippen LogP contribution < -0.4 is 0 Å². The van der Waals surface area contributed by atoms with Gasteiger partial charge in [0.1, 0.15) is 0 Å². The van der Waals surface area contributed by atoms with Crippen LogP contribution in [0.3, 0.4) is 0 Å². The summed E-state index contributed by atoms with van der Waals surface area (Å²) in [6.07, 6.45) is 2.23. The maximum Gasteiger partial charge on any atom is 0.201 e. The lowest BCUT2D eigenvalue weighted by Crippen LogP contribution is -2.18. The number of aromatic hydroxyl groups is 1. The molecule has 4 nitrogen and oxygen atoms in total. The van der Waals surface area contributed by atoms with Gasteiger partial charge in [-0.25, -0.2) is 0 Å². The highest BCUT2D eigenvalue weighted by molar-refractivity contribution is 6.14. The van der Waals surface area contributed by atoms with Crippen molar-refractivity contribution in [2.24, 2.45) is 10.9 Å². The smallest absolute Gasteiger partial charge is 0.201 e. The Morgan fingerprint density at radius 3 is 2.71 bits per heavy atom. The molecule has 0 amide bonds. The molecule has 24 heavy (non-hydrogen) atoms. The molecule has 0 aliphatic carbocycles. The summed E-state index contributed by atoms with van der Waals surface area (Å²) in [5.41, 5.74) is 4.10. The number of hydrogen-bond donors (Lipinski definition) is 1. The van der Waals surface area contributed by atoms with Crippen LogP contribution in [0.2, 0.25) is 0 Å². The van der Waals surface area contributed by atoms with E-state index in [4.69, 9.17) is 4.74 Å². The number of aromatic nitrogens is 1. The molecule has 0 radical (unpaired) electrons. The van der Waals surface area contributed by atoms with Gasteiger partial charge in [0, 0.05) is 11.4 Å². The zero-order valence-corrected chi connectivity index (χ0v) is 15.2. The lowest BCUT2D eigenvalue weighted by Gasteiger charge is -2.14. The molecular formula is C20H28N2O2. The van der Waals surface area contributed by atoms with Gasteiger partial charge in [-0.1, -0.05) is 26.3 Å². The Morgan fingerprint density at radius 1 is 1.29 bits per heavy atom. The van der Waals surface area contributed by atoms with Crippen molar-refractivity contribution in [1.82, 2.24) is 4.57 Å². The summed E-state index contributed by atoms with van der Waals surface area (Å²) in [7, 11) is 0. The normalized spacial score (nSPS) is 16.6. The number of nitrogens with zero attached hydrogens (tertiary/aromatic N) is 2. The average Bonchev–Trinajstić information content (AvgIpc) is 2.86. The molecule has 1 aromatic heterocycles. The maximum atomic E-state index is 10.9. The molecular weight excluding hydrogens is 300 g/mol. The van der Waals surface area contributed by atoms with E-state index in [1.807, 2.05) is 4.57 Å². The van der Waals surface area contributed by atoms with Gasteiger partial charge in [-0.3, -0.25) is 4.99 Å². The van der Waals surface area contributed by atoms with Crippen molar-refractivity contribution in [3.63, 3.8) is 0 Å². The number of ether oxygens (including phenoxy) is 1. The van der Waals surface area contributed by atoms with Crippen molar-refractivity contribution in [3.8, 4) is 5.88 Å². The molecule has 1 aliphatic rings. The fraction of sp³-hybridized carbons (Fsp3) is 0.550. The van der Waals surface area contributed by atoms with E-state index in [1.54, 1.807) is 0 Å². The highest BCUT2D eigenvalue weighted by atomic mass is 16.5. The minimum Gasteiger partial charge on any atom is -0.494 e. The summed E-state index contributed by atoms with van der Waals surface area (Å²) in [6, 6.07) is 6.75. The second-order valence-electron chi connectivity index (χ2n) is 7.11. The van der Waals surface area contributed by atoms with Crippen LogP contribution in [0.4, 0.5) is 0 Å². The van der Waals surface area contributed by atoms with Gasteiger partial charge in [0.15, 0.2) is 0 Å². The Morgan fingerprint density at radius 2 is 2.08 bits per heavy atom. The van der Waals surface area contributed by atoms with E-state index in [9.17, 15) is 5.11 Å². The third kappa shape index (κ3) is 3.07. The minimum atomic E-state index is 0.187. The van der Waals surface area contributed by atoms with Crippen molar-refractivity contribution in [2.75, 3.05) is 19.8 Å². The predicted molar refractivity (Wildman–Crippen MR) is 99.4 cm³/mol. The molecule has 1 N–H and O–H groups in total. The van der Waals surface area contributed by atoms with E-state index < -0.39 is 0 Å². The fourth-order valence-electron chi connectivity index (χ4n) is 3.44. The molecule has 1 aliphatic heterocycles. The molecule has 130 valence electrons. The van der Waals surface area contributed by atoms with Crippen LogP contribution in [0.15, 0.2) is 23.2 Å². The quantitative estimate of drug-likeness (QED) is 0.887. The highest BCUT2D eigenvalue weighted by Crippen LogP contribution is 2.36. The van der Waals surface area contributed by atoms with Gasteiger partial charge >= 0.3 is 0 Å². The van der Waals surface area contributed by atoms with Crippen LogP contribution in [-0.4, -0.2) is 35.1 Å². The third-order valence-corrected chi connectivity index (χ3v) is 4.90. The third-order valence-electron chi connectivity index (χ3n) is 4.90. The second kappa shape index (κ2) is 6.98. The Hall–Kier alpha value is -1.81. The predicted octanol–water partition coefficient (Wildman–Crippen LogP) is 4.34.